The van der Waals surface area contributed by atoms with Crippen LogP contribution in [-0.4, -0.2) is 29.9 Å². The number of carbonyl (C=O) groups excluding carboxylic acids is 2. The molecule has 0 unspecified atom stereocenters. The van der Waals surface area contributed by atoms with Crippen LogP contribution in [0.1, 0.15) is 49.8 Å². The maximum atomic E-state index is 13.4. The summed E-state index contributed by atoms with van der Waals surface area (Å²) in [6.45, 7) is 4.97. The summed E-state index contributed by atoms with van der Waals surface area (Å²) in [5, 5.41) is 7.33. The summed E-state index contributed by atoms with van der Waals surface area (Å²) in [4.78, 5) is 28.9. The van der Waals surface area contributed by atoms with E-state index in [4.69, 9.17) is 4.74 Å². The van der Waals surface area contributed by atoms with Gasteiger partial charge < -0.3 is 15.4 Å². The fraction of sp³-hybridized carbons (Fsp3) is 0.250. The van der Waals surface area contributed by atoms with Crippen LogP contribution in [0.4, 0.5) is 9.39 Å². The Bertz CT molecular complexity index is 1210. The van der Waals surface area contributed by atoms with Crippen molar-refractivity contribution in [1.29, 1.82) is 0 Å². The monoisotopic (exact) mass is 451 g/mol. The van der Waals surface area contributed by atoms with Crippen LogP contribution in [0.25, 0.3) is 0 Å². The minimum atomic E-state index is -0.643. The number of likely N-dealkylation sites (N-methyl/N-ethyl adjacent to an activating group) is 1. The minimum absolute atomic E-state index is 0.0895. The topological polar surface area (TPSA) is 70.7 Å². The summed E-state index contributed by atoms with van der Waals surface area (Å²) < 4.78 is 18.8. The van der Waals surface area contributed by atoms with Crippen LogP contribution >= 0.6 is 11.3 Å². The van der Waals surface area contributed by atoms with E-state index < -0.39 is 18.0 Å². The first kappa shape index (κ1) is 20.7. The number of benzene rings is 2. The summed E-state index contributed by atoms with van der Waals surface area (Å²) in [7, 11) is 0. The molecule has 0 spiro atoms. The van der Waals surface area contributed by atoms with Gasteiger partial charge in [-0.15, -0.1) is 11.3 Å². The van der Waals surface area contributed by atoms with Crippen molar-refractivity contribution in [2.75, 3.05) is 18.4 Å². The van der Waals surface area contributed by atoms with Crippen LogP contribution in [0.15, 0.2) is 48.5 Å². The Hall–Kier alpha value is -3.23. The van der Waals surface area contributed by atoms with E-state index >= 15 is 0 Å². The summed E-state index contributed by atoms with van der Waals surface area (Å²) in [6, 6.07) is 12.3. The molecule has 0 saturated carbocycles. The highest BCUT2D eigenvalue weighted by atomic mass is 32.1. The number of nitrogens with one attached hydrogen (secondary N) is 2. The second-order valence-electron chi connectivity index (χ2n) is 7.85. The zero-order chi connectivity index (χ0) is 22.2. The van der Waals surface area contributed by atoms with Gasteiger partial charge in [-0.1, -0.05) is 25.1 Å². The SMILES string of the molecule is CCN1CCc2c(sc3c2C(=O)N[C@H](c2cccc(OC(=O)c4cccc(F)c4)c2)N3)C1. The Balaban J connectivity index is 1.36. The first-order valence-electron chi connectivity index (χ1n) is 10.5. The number of carbonyl (C=O) groups is 2. The van der Waals surface area contributed by atoms with E-state index in [1.807, 2.05) is 6.07 Å². The molecular weight excluding hydrogens is 429 g/mol. The number of nitrogens with zero attached hydrogens (tertiary/aromatic N) is 1. The van der Waals surface area contributed by atoms with Gasteiger partial charge in [-0.25, -0.2) is 9.18 Å². The van der Waals surface area contributed by atoms with Gasteiger partial charge in [0.05, 0.1) is 11.1 Å². The molecule has 0 saturated heterocycles. The average Bonchev–Trinajstić information content (AvgIpc) is 3.17. The van der Waals surface area contributed by atoms with Crippen molar-refractivity contribution in [3.8, 4) is 5.75 Å². The maximum Gasteiger partial charge on any atom is 0.343 e. The molecular formula is C24H22FN3O3S. The van der Waals surface area contributed by atoms with Gasteiger partial charge in [0.1, 0.15) is 22.7 Å². The van der Waals surface area contributed by atoms with E-state index in [0.717, 1.165) is 53.8 Å². The molecule has 0 fully saturated rings. The second-order valence-corrected chi connectivity index (χ2v) is 8.96. The molecule has 0 aliphatic carbocycles. The third kappa shape index (κ3) is 3.87. The van der Waals surface area contributed by atoms with Crippen molar-refractivity contribution in [3.05, 3.63) is 81.5 Å². The Morgan fingerprint density at radius 1 is 1.22 bits per heavy atom. The zero-order valence-corrected chi connectivity index (χ0v) is 18.3. The summed E-state index contributed by atoms with van der Waals surface area (Å²) in [6.07, 6.45) is 0.436. The molecule has 1 amide bonds. The van der Waals surface area contributed by atoms with E-state index in [0.29, 0.717) is 5.75 Å². The van der Waals surface area contributed by atoms with E-state index in [1.165, 1.54) is 23.1 Å². The van der Waals surface area contributed by atoms with Crippen molar-refractivity contribution >= 4 is 28.2 Å². The molecule has 2 aliphatic rings. The fourth-order valence-electron chi connectivity index (χ4n) is 4.14. The highest BCUT2D eigenvalue weighted by Crippen LogP contribution is 2.40. The lowest BCUT2D eigenvalue weighted by Gasteiger charge is -2.28. The predicted octanol–water partition coefficient (Wildman–Crippen LogP) is 4.34. The van der Waals surface area contributed by atoms with E-state index in [-0.39, 0.29) is 11.5 Å². The normalized spacial score (nSPS) is 17.7. The number of halogens is 1. The lowest BCUT2D eigenvalue weighted by molar-refractivity contribution is 0.0733. The summed E-state index contributed by atoms with van der Waals surface area (Å²) >= 11 is 1.64. The highest BCUT2D eigenvalue weighted by Gasteiger charge is 2.33. The third-order valence-electron chi connectivity index (χ3n) is 5.82. The Morgan fingerprint density at radius 2 is 2.06 bits per heavy atom. The molecule has 1 atom stereocenters. The van der Waals surface area contributed by atoms with Crippen LogP contribution < -0.4 is 15.4 Å². The lowest BCUT2D eigenvalue weighted by atomic mass is 10.0. The van der Waals surface area contributed by atoms with Crippen molar-refractivity contribution in [2.45, 2.75) is 26.1 Å². The first-order valence-corrected chi connectivity index (χ1v) is 11.4. The van der Waals surface area contributed by atoms with Gasteiger partial charge in [0.2, 0.25) is 0 Å². The molecule has 2 aromatic carbocycles. The zero-order valence-electron chi connectivity index (χ0n) is 17.5. The summed E-state index contributed by atoms with van der Waals surface area (Å²) in [5.74, 6) is -0.911. The van der Waals surface area contributed by atoms with E-state index in [9.17, 15) is 14.0 Å². The Kier molecular flexibility index (Phi) is 5.40. The number of thiophene rings is 1. The minimum Gasteiger partial charge on any atom is -0.423 e. The number of ether oxygens (including phenoxy) is 1. The van der Waals surface area contributed by atoms with Crippen molar-refractivity contribution in [2.24, 2.45) is 0 Å². The molecule has 2 N–H and O–H groups in total. The highest BCUT2D eigenvalue weighted by molar-refractivity contribution is 7.16. The number of hydrogen-bond donors (Lipinski definition) is 2. The number of hydrogen-bond acceptors (Lipinski definition) is 6. The van der Waals surface area contributed by atoms with Crippen LogP contribution in [0.5, 0.6) is 5.75 Å². The Labute approximate surface area is 189 Å². The fourth-order valence-corrected chi connectivity index (χ4v) is 5.46. The van der Waals surface area contributed by atoms with E-state index in [1.54, 1.807) is 29.5 Å². The quantitative estimate of drug-likeness (QED) is 0.456. The molecule has 3 heterocycles. The van der Waals surface area contributed by atoms with Gasteiger partial charge in [-0.2, -0.15) is 0 Å². The summed E-state index contributed by atoms with van der Waals surface area (Å²) in [5.41, 5.74) is 2.80. The number of rotatable bonds is 4. The first-order chi connectivity index (χ1) is 15.5. The van der Waals surface area contributed by atoms with Gasteiger partial charge in [0, 0.05) is 18.0 Å². The maximum absolute atomic E-state index is 13.4. The lowest BCUT2D eigenvalue weighted by Crippen LogP contribution is -2.38. The van der Waals surface area contributed by atoms with Crippen LogP contribution in [0, 0.1) is 5.82 Å². The van der Waals surface area contributed by atoms with Gasteiger partial charge in [-0.3, -0.25) is 9.69 Å². The average molecular weight is 452 g/mol. The second kappa shape index (κ2) is 8.37. The van der Waals surface area contributed by atoms with Crippen molar-refractivity contribution in [3.63, 3.8) is 0 Å². The van der Waals surface area contributed by atoms with Crippen molar-refractivity contribution in [1.82, 2.24) is 10.2 Å². The number of esters is 1. The van der Waals surface area contributed by atoms with Gasteiger partial charge in [-0.05, 0) is 54.4 Å². The Morgan fingerprint density at radius 3 is 2.88 bits per heavy atom. The predicted molar refractivity (Wildman–Crippen MR) is 121 cm³/mol. The smallest absolute Gasteiger partial charge is 0.343 e. The molecule has 6 nitrogen and oxygen atoms in total. The molecule has 2 aliphatic heterocycles. The number of amides is 1. The van der Waals surface area contributed by atoms with Gasteiger partial charge in [0.15, 0.2) is 0 Å². The van der Waals surface area contributed by atoms with E-state index in [2.05, 4.69) is 22.5 Å². The molecule has 0 radical (unpaired) electrons. The largest absolute Gasteiger partial charge is 0.423 e. The molecule has 3 aromatic rings. The van der Waals surface area contributed by atoms with Gasteiger partial charge >= 0.3 is 5.97 Å². The van der Waals surface area contributed by atoms with Crippen LogP contribution in [0.2, 0.25) is 0 Å². The molecule has 0 bridgehead atoms. The molecule has 32 heavy (non-hydrogen) atoms. The number of fused-ring (bicyclic) bond motifs is 3. The third-order valence-corrected chi connectivity index (χ3v) is 6.97. The molecule has 5 rings (SSSR count). The van der Waals surface area contributed by atoms with Crippen LogP contribution in [0.3, 0.4) is 0 Å². The molecule has 164 valence electrons. The molecule has 8 heteroatoms. The van der Waals surface area contributed by atoms with Gasteiger partial charge in [0.25, 0.3) is 5.91 Å². The van der Waals surface area contributed by atoms with Crippen LogP contribution in [-0.2, 0) is 13.0 Å². The molecule has 1 aromatic heterocycles. The number of anilines is 1. The van der Waals surface area contributed by atoms with Crippen molar-refractivity contribution < 1.29 is 18.7 Å². The standard InChI is InChI=1S/C24H22FN3O3S/c1-2-28-10-9-18-19(13-28)32-23-20(18)22(29)26-21(27-23)14-5-4-8-17(12-14)31-24(30)15-6-3-7-16(25)11-15/h3-8,11-12,21,27H,2,9-10,13H2,1H3,(H,26,29)/t21-/m0/s1.